The van der Waals surface area contributed by atoms with E-state index in [0.29, 0.717) is 0 Å². The van der Waals surface area contributed by atoms with Crippen molar-refractivity contribution in [2.24, 2.45) is 0 Å². The molecule has 0 aliphatic rings. The Balaban J connectivity index is 2.34. The average Bonchev–Trinajstić information content (AvgIpc) is 2.42. The van der Waals surface area contributed by atoms with Gasteiger partial charge in [-0.2, -0.15) is 0 Å². The van der Waals surface area contributed by atoms with E-state index in [2.05, 4.69) is 33.1 Å². The van der Waals surface area contributed by atoms with Gasteiger partial charge in [-0.1, -0.05) is 31.4 Å². The van der Waals surface area contributed by atoms with Gasteiger partial charge in [0.25, 0.3) is 0 Å². The summed E-state index contributed by atoms with van der Waals surface area (Å²) < 4.78 is 5.90. The van der Waals surface area contributed by atoms with E-state index >= 15 is 0 Å². The monoisotopic (exact) mass is 250 g/mol. The van der Waals surface area contributed by atoms with Crippen molar-refractivity contribution in [2.75, 3.05) is 0 Å². The van der Waals surface area contributed by atoms with Crippen LogP contribution in [0.5, 0.6) is 11.5 Å². The summed E-state index contributed by atoms with van der Waals surface area (Å²) in [5.41, 5.74) is 4.53. The zero-order chi connectivity index (χ0) is 13.8. The van der Waals surface area contributed by atoms with Crippen molar-refractivity contribution in [1.82, 2.24) is 0 Å². The quantitative estimate of drug-likeness (QED) is 0.707. The summed E-state index contributed by atoms with van der Waals surface area (Å²) in [5.74, 6) is 1.65. The molecule has 2 aromatic carbocycles. The molecule has 0 unspecified atom stereocenters. The Morgan fingerprint density at radius 2 is 1.42 bits per heavy atom. The highest BCUT2D eigenvalue weighted by molar-refractivity contribution is 5.59. The van der Waals surface area contributed by atoms with Gasteiger partial charge in [0, 0.05) is 0 Å². The fourth-order valence-electron chi connectivity index (χ4n) is 1.85. The minimum atomic E-state index is 0.801. The van der Waals surface area contributed by atoms with Gasteiger partial charge in [-0.25, -0.2) is 0 Å². The van der Waals surface area contributed by atoms with Crippen LogP contribution in [-0.4, -0.2) is 0 Å². The fourth-order valence-corrected chi connectivity index (χ4v) is 1.85. The van der Waals surface area contributed by atoms with Crippen LogP contribution in [0.25, 0.3) is 12.2 Å². The molecular formula is C18H18O. The van der Waals surface area contributed by atoms with Crippen LogP contribution in [0.2, 0.25) is 0 Å². The highest BCUT2D eigenvalue weighted by Gasteiger charge is 2.02. The third-order valence-corrected chi connectivity index (χ3v) is 3.14. The Morgan fingerprint density at radius 3 is 1.95 bits per heavy atom. The topological polar surface area (TPSA) is 9.23 Å². The van der Waals surface area contributed by atoms with Gasteiger partial charge in [-0.3, -0.25) is 0 Å². The molecule has 0 aromatic heterocycles. The molecule has 1 nitrogen and oxygen atoms in total. The molecule has 0 heterocycles. The lowest BCUT2D eigenvalue weighted by Gasteiger charge is -2.09. The van der Waals surface area contributed by atoms with Gasteiger partial charge in [0.15, 0.2) is 0 Å². The molecule has 0 atom stereocenters. The standard InChI is InChI=1S/C18H18O/c1-5-15-10-16(6-2)12-18(11-15)19-17-8-7-13(3)14(4)9-17/h5-12H,1-2H2,3-4H3. The van der Waals surface area contributed by atoms with Crippen LogP contribution in [0.4, 0.5) is 0 Å². The van der Waals surface area contributed by atoms with Crippen LogP contribution >= 0.6 is 0 Å². The zero-order valence-corrected chi connectivity index (χ0v) is 11.4. The second kappa shape index (κ2) is 5.57. The smallest absolute Gasteiger partial charge is 0.128 e. The summed E-state index contributed by atoms with van der Waals surface area (Å²) in [5, 5.41) is 0. The molecule has 0 aliphatic heterocycles. The van der Waals surface area contributed by atoms with Crippen molar-refractivity contribution in [3.63, 3.8) is 0 Å². The average molecular weight is 250 g/mol. The summed E-state index contributed by atoms with van der Waals surface area (Å²) in [7, 11) is 0. The Morgan fingerprint density at radius 1 is 0.789 bits per heavy atom. The summed E-state index contributed by atoms with van der Waals surface area (Å²) in [6.45, 7) is 11.8. The van der Waals surface area contributed by atoms with Crippen molar-refractivity contribution in [1.29, 1.82) is 0 Å². The maximum atomic E-state index is 5.90. The number of aryl methyl sites for hydroxylation is 2. The third kappa shape index (κ3) is 3.14. The van der Waals surface area contributed by atoms with Crippen LogP contribution in [-0.2, 0) is 0 Å². The van der Waals surface area contributed by atoms with Gasteiger partial charge in [0.05, 0.1) is 0 Å². The van der Waals surface area contributed by atoms with Gasteiger partial charge in [-0.05, 0) is 66.4 Å². The summed E-state index contributed by atoms with van der Waals surface area (Å²) in [4.78, 5) is 0. The fraction of sp³-hybridized carbons (Fsp3) is 0.111. The number of hydrogen-bond acceptors (Lipinski definition) is 1. The SMILES string of the molecule is C=Cc1cc(C=C)cc(Oc2ccc(C)c(C)c2)c1. The molecule has 0 radical (unpaired) electrons. The maximum Gasteiger partial charge on any atom is 0.128 e. The second-order valence-corrected chi connectivity index (χ2v) is 4.59. The molecule has 0 aliphatic carbocycles. The van der Waals surface area contributed by atoms with Gasteiger partial charge < -0.3 is 4.74 Å². The number of hydrogen-bond donors (Lipinski definition) is 0. The van der Waals surface area contributed by atoms with Crippen molar-refractivity contribution in [3.05, 3.63) is 71.8 Å². The molecule has 0 saturated heterocycles. The molecule has 96 valence electrons. The molecular weight excluding hydrogens is 232 g/mol. The predicted molar refractivity (Wildman–Crippen MR) is 82.6 cm³/mol. The first-order valence-corrected chi connectivity index (χ1v) is 6.27. The summed E-state index contributed by atoms with van der Waals surface area (Å²) in [6, 6.07) is 12.0. The van der Waals surface area contributed by atoms with Crippen LogP contribution in [0.1, 0.15) is 22.3 Å². The molecule has 0 bridgehead atoms. The van der Waals surface area contributed by atoms with Gasteiger partial charge >= 0.3 is 0 Å². The Hall–Kier alpha value is -2.28. The molecule has 0 fully saturated rings. The lowest BCUT2D eigenvalue weighted by atomic mass is 10.1. The first-order valence-electron chi connectivity index (χ1n) is 6.27. The van der Waals surface area contributed by atoms with E-state index in [1.165, 1.54) is 11.1 Å². The van der Waals surface area contributed by atoms with Crippen molar-refractivity contribution >= 4 is 12.2 Å². The van der Waals surface area contributed by atoms with Gasteiger partial charge in [-0.15, -0.1) is 0 Å². The maximum absolute atomic E-state index is 5.90. The van der Waals surface area contributed by atoms with Gasteiger partial charge in [0.2, 0.25) is 0 Å². The highest BCUT2D eigenvalue weighted by atomic mass is 16.5. The second-order valence-electron chi connectivity index (χ2n) is 4.59. The summed E-state index contributed by atoms with van der Waals surface area (Å²) in [6.07, 6.45) is 3.61. The van der Waals surface area contributed by atoms with E-state index in [1.807, 2.05) is 30.3 Å². The van der Waals surface area contributed by atoms with Gasteiger partial charge in [0.1, 0.15) is 11.5 Å². The van der Waals surface area contributed by atoms with Crippen molar-refractivity contribution in [3.8, 4) is 11.5 Å². The van der Waals surface area contributed by atoms with E-state index in [9.17, 15) is 0 Å². The molecule has 19 heavy (non-hydrogen) atoms. The largest absolute Gasteiger partial charge is 0.457 e. The lowest BCUT2D eigenvalue weighted by Crippen LogP contribution is -1.88. The Labute approximate surface area is 114 Å². The van der Waals surface area contributed by atoms with E-state index in [-0.39, 0.29) is 0 Å². The van der Waals surface area contributed by atoms with E-state index in [4.69, 9.17) is 4.74 Å². The van der Waals surface area contributed by atoms with Crippen LogP contribution < -0.4 is 4.74 Å². The van der Waals surface area contributed by atoms with Crippen LogP contribution in [0.15, 0.2) is 49.6 Å². The van der Waals surface area contributed by atoms with Crippen molar-refractivity contribution in [2.45, 2.75) is 13.8 Å². The molecule has 1 heteroatoms. The first-order chi connectivity index (χ1) is 9.12. The molecule has 0 spiro atoms. The van der Waals surface area contributed by atoms with Crippen LogP contribution in [0.3, 0.4) is 0 Å². The number of benzene rings is 2. The normalized spacial score (nSPS) is 10.0. The molecule has 2 rings (SSSR count). The molecule has 0 amide bonds. The Bertz CT molecular complexity index is 597. The van der Waals surface area contributed by atoms with Crippen molar-refractivity contribution < 1.29 is 4.74 Å². The third-order valence-electron chi connectivity index (χ3n) is 3.14. The first kappa shape index (κ1) is 13.2. The molecule has 2 aromatic rings. The number of ether oxygens (including phenoxy) is 1. The Kier molecular flexibility index (Phi) is 3.86. The predicted octanol–water partition coefficient (Wildman–Crippen LogP) is 5.38. The van der Waals surface area contributed by atoms with Crippen LogP contribution in [0, 0.1) is 13.8 Å². The number of rotatable bonds is 4. The molecule has 0 N–H and O–H groups in total. The minimum absolute atomic E-state index is 0.801. The molecule has 0 saturated carbocycles. The van der Waals surface area contributed by atoms with E-state index in [0.717, 1.165) is 22.6 Å². The van der Waals surface area contributed by atoms with E-state index in [1.54, 1.807) is 12.2 Å². The minimum Gasteiger partial charge on any atom is -0.457 e. The zero-order valence-electron chi connectivity index (χ0n) is 11.4. The highest BCUT2D eigenvalue weighted by Crippen LogP contribution is 2.26. The van der Waals surface area contributed by atoms with E-state index < -0.39 is 0 Å². The lowest BCUT2D eigenvalue weighted by molar-refractivity contribution is 0.482. The summed E-state index contributed by atoms with van der Waals surface area (Å²) >= 11 is 0.